The van der Waals surface area contributed by atoms with Gasteiger partial charge in [0.25, 0.3) is 0 Å². The lowest BCUT2D eigenvalue weighted by molar-refractivity contribution is 0.634. The predicted molar refractivity (Wildman–Crippen MR) is 265 cm³/mol. The van der Waals surface area contributed by atoms with Crippen molar-refractivity contribution in [3.05, 3.63) is 205 Å². The molecule has 0 atom stereocenters. The molecule has 0 saturated heterocycles. The minimum atomic E-state index is -0.198. The highest BCUT2D eigenvalue weighted by atomic mass is 16.4. The first-order chi connectivity index (χ1) is 31.0. The third kappa shape index (κ3) is 4.73. The zero-order valence-electron chi connectivity index (χ0n) is 34.8. The van der Waals surface area contributed by atoms with Crippen molar-refractivity contribution in [3.63, 3.8) is 0 Å². The Kier molecular flexibility index (Phi) is 6.93. The van der Waals surface area contributed by atoms with Gasteiger partial charge in [-0.05, 0) is 123 Å². The van der Waals surface area contributed by atoms with Crippen molar-refractivity contribution in [1.29, 1.82) is 0 Å². The molecule has 0 unspecified atom stereocenters. The van der Waals surface area contributed by atoms with Crippen LogP contribution in [-0.2, 0) is 5.41 Å². The van der Waals surface area contributed by atoms with Gasteiger partial charge >= 0.3 is 0 Å². The molecule has 0 radical (unpaired) electrons. The highest BCUT2D eigenvalue weighted by Crippen LogP contribution is 2.53. The van der Waals surface area contributed by atoms with E-state index in [1.807, 2.05) is 0 Å². The third-order valence-electron chi connectivity index (χ3n) is 14.3. The molecular formula is C61H38O2. The van der Waals surface area contributed by atoms with Gasteiger partial charge in [0, 0.05) is 32.5 Å². The molecule has 0 saturated carbocycles. The summed E-state index contributed by atoms with van der Waals surface area (Å²) in [6.45, 7) is 4.76. The van der Waals surface area contributed by atoms with Crippen LogP contribution in [0.5, 0.6) is 0 Å². The zero-order valence-corrected chi connectivity index (χ0v) is 34.8. The molecule has 0 aliphatic heterocycles. The van der Waals surface area contributed by atoms with E-state index in [-0.39, 0.29) is 5.41 Å². The van der Waals surface area contributed by atoms with E-state index >= 15 is 0 Å². The van der Waals surface area contributed by atoms with E-state index in [4.69, 9.17) is 8.83 Å². The van der Waals surface area contributed by atoms with Crippen molar-refractivity contribution in [1.82, 2.24) is 0 Å². The number of hydrogen-bond acceptors (Lipinski definition) is 2. The first-order valence-electron chi connectivity index (χ1n) is 21.9. The Morgan fingerprint density at radius 3 is 1.67 bits per heavy atom. The molecule has 1 aliphatic carbocycles. The number of rotatable bonds is 3. The fourth-order valence-electron chi connectivity index (χ4n) is 11.3. The van der Waals surface area contributed by atoms with Gasteiger partial charge in [-0.3, -0.25) is 0 Å². The van der Waals surface area contributed by atoms with E-state index in [1.165, 1.54) is 87.6 Å². The van der Waals surface area contributed by atoms with Crippen molar-refractivity contribution in [2.75, 3.05) is 0 Å². The molecule has 0 spiro atoms. The van der Waals surface area contributed by atoms with Crippen molar-refractivity contribution < 1.29 is 8.83 Å². The summed E-state index contributed by atoms with van der Waals surface area (Å²) in [5.41, 5.74) is 15.7. The Balaban J connectivity index is 0.930. The van der Waals surface area contributed by atoms with Crippen LogP contribution in [0, 0.1) is 0 Å². The Morgan fingerprint density at radius 2 is 0.889 bits per heavy atom. The second-order valence-electron chi connectivity index (χ2n) is 17.9. The average molecular weight is 803 g/mol. The van der Waals surface area contributed by atoms with Crippen LogP contribution in [0.1, 0.15) is 25.0 Å². The molecule has 2 aromatic heterocycles. The second kappa shape index (κ2) is 12.6. The largest absolute Gasteiger partial charge is 0.452 e. The molecule has 0 bridgehead atoms. The maximum atomic E-state index is 6.92. The molecule has 63 heavy (non-hydrogen) atoms. The van der Waals surface area contributed by atoms with E-state index in [9.17, 15) is 0 Å². The number of para-hydroxylation sites is 1. The predicted octanol–water partition coefficient (Wildman–Crippen LogP) is 17.4. The first kappa shape index (κ1) is 34.7. The standard InChI is InChI=1S/C61H38O2/c1-61(2)52-31-26-37(41-22-12-24-48-49-29-30-50-57-40-17-6-4-14-36(40)27-32-54(57)62-60(50)59(49)63-58(41)48)33-51(52)42-28-25-38(34-53(42)61)55-44-18-7-9-20-46(44)56(47-21-10-8-19-45(47)55)43-23-11-15-35-13-3-5-16-39(35)43/h3-34H,1-2H3. The molecule has 0 fully saturated rings. The van der Waals surface area contributed by atoms with E-state index in [2.05, 4.69) is 208 Å². The van der Waals surface area contributed by atoms with Crippen molar-refractivity contribution >= 4 is 87.0 Å². The van der Waals surface area contributed by atoms with E-state index in [1.54, 1.807) is 0 Å². The maximum absolute atomic E-state index is 6.92. The quantitative estimate of drug-likeness (QED) is 0.166. The van der Waals surface area contributed by atoms with Crippen LogP contribution in [0.25, 0.3) is 131 Å². The van der Waals surface area contributed by atoms with E-state index < -0.39 is 0 Å². The molecule has 2 heterocycles. The van der Waals surface area contributed by atoms with Crippen molar-refractivity contribution in [2.24, 2.45) is 0 Å². The number of fused-ring (bicyclic) bond motifs is 15. The van der Waals surface area contributed by atoms with Gasteiger partial charge in [0.2, 0.25) is 0 Å². The van der Waals surface area contributed by atoms with Crippen LogP contribution < -0.4 is 0 Å². The normalized spacial score (nSPS) is 13.4. The smallest absolute Gasteiger partial charge is 0.178 e. The highest BCUT2D eigenvalue weighted by Gasteiger charge is 2.36. The van der Waals surface area contributed by atoms with Crippen LogP contribution in [0.3, 0.4) is 0 Å². The minimum Gasteiger partial charge on any atom is -0.452 e. The summed E-state index contributed by atoms with van der Waals surface area (Å²) in [4.78, 5) is 0. The van der Waals surface area contributed by atoms with Gasteiger partial charge in [-0.25, -0.2) is 0 Å². The maximum Gasteiger partial charge on any atom is 0.178 e. The fourth-order valence-corrected chi connectivity index (χ4v) is 11.3. The summed E-state index contributed by atoms with van der Waals surface area (Å²) in [6.07, 6.45) is 0. The van der Waals surface area contributed by atoms with Gasteiger partial charge in [0.1, 0.15) is 11.2 Å². The summed E-state index contributed by atoms with van der Waals surface area (Å²) >= 11 is 0. The number of benzene rings is 11. The summed E-state index contributed by atoms with van der Waals surface area (Å²) < 4.78 is 13.5. The van der Waals surface area contributed by atoms with Gasteiger partial charge < -0.3 is 8.83 Å². The van der Waals surface area contributed by atoms with Gasteiger partial charge in [0.05, 0.1) is 0 Å². The molecule has 0 N–H and O–H groups in total. The Morgan fingerprint density at radius 1 is 0.317 bits per heavy atom. The van der Waals surface area contributed by atoms with Crippen molar-refractivity contribution in [2.45, 2.75) is 19.3 Å². The lowest BCUT2D eigenvalue weighted by atomic mass is 9.80. The van der Waals surface area contributed by atoms with Crippen LogP contribution >= 0.6 is 0 Å². The lowest BCUT2D eigenvalue weighted by Gasteiger charge is -2.23. The summed E-state index contributed by atoms with van der Waals surface area (Å²) in [5, 5.41) is 14.3. The van der Waals surface area contributed by atoms with Gasteiger partial charge in [-0.15, -0.1) is 0 Å². The van der Waals surface area contributed by atoms with Crippen LogP contribution in [0.2, 0.25) is 0 Å². The molecular weight excluding hydrogens is 765 g/mol. The summed E-state index contributed by atoms with van der Waals surface area (Å²) in [5.74, 6) is 0. The fraction of sp³-hybridized carbons (Fsp3) is 0.0492. The van der Waals surface area contributed by atoms with Gasteiger partial charge in [-0.1, -0.05) is 178 Å². The van der Waals surface area contributed by atoms with Crippen molar-refractivity contribution in [3.8, 4) is 44.5 Å². The first-order valence-corrected chi connectivity index (χ1v) is 21.9. The molecule has 13 aromatic rings. The number of hydrogen-bond donors (Lipinski definition) is 0. The average Bonchev–Trinajstić information content (AvgIpc) is 3.98. The highest BCUT2D eigenvalue weighted by molar-refractivity contribution is 6.26. The monoisotopic (exact) mass is 802 g/mol. The Labute approximate surface area is 363 Å². The third-order valence-corrected chi connectivity index (χ3v) is 14.3. The topological polar surface area (TPSA) is 26.3 Å². The minimum absolute atomic E-state index is 0.198. The zero-order chi connectivity index (χ0) is 41.6. The molecule has 2 nitrogen and oxygen atoms in total. The molecule has 2 heteroatoms. The Hall–Kier alpha value is -7.94. The van der Waals surface area contributed by atoms with E-state index in [0.717, 1.165) is 55.0 Å². The summed E-state index contributed by atoms with van der Waals surface area (Å²) in [7, 11) is 0. The van der Waals surface area contributed by atoms with Gasteiger partial charge in [-0.2, -0.15) is 0 Å². The molecule has 1 aliphatic rings. The Bertz CT molecular complexity index is 4060. The van der Waals surface area contributed by atoms with E-state index in [0.29, 0.717) is 0 Å². The SMILES string of the molecule is CC1(C)c2ccc(-c3cccc4c3oc3c4ccc4c3oc3ccc5ccccc5c34)cc2-c2ccc(-c3c4ccccc4c(-c4cccc5ccccc45)c4ccccc34)cc21. The van der Waals surface area contributed by atoms with Gasteiger partial charge in [0.15, 0.2) is 11.2 Å². The molecule has 0 amide bonds. The summed E-state index contributed by atoms with van der Waals surface area (Å²) in [6, 6.07) is 71.3. The molecule has 11 aromatic carbocycles. The lowest BCUT2D eigenvalue weighted by Crippen LogP contribution is -2.15. The van der Waals surface area contributed by atoms with Crippen LogP contribution in [-0.4, -0.2) is 0 Å². The molecule has 14 rings (SSSR count). The van der Waals surface area contributed by atoms with Crippen LogP contribution in [0.15, 0.2) is 203 Å². The number of furan rings is 2. The second-order valence-corrected chi connectivity index (χ2v) is 17.9. The van der Waals surface area contributed by atoms with Crippen LogP contribution in [0.4, 0.5) is 0 Å². The molecule has 294 valence electrons.